The number of hydrogen-bond acceptors (Lipinski definition) is 5. The second-order valence-electron chi connectivity index (χ2n) is 9.71. The number of aromatic nitrogens is 1. The van der Waals surface area contributed by atoms with Crippen molar-refractivity contribution in [1.29, 1.82) is 0 Å². The molecule has 0 saturated carbocycles. The molecule has 0 spiro atoms. The van der Waals surface area contributed by atoms with E-state index in [0.717, 1.165) is 22.0 Å². The normalized spacial score (nSPS) is 14.3. The van der Waals surface area contributed by atoms with E-state index in [1.54, 1.807) is 44.3 Å². The number of rotatable bonds is 12. The van der Waals surface area contributed by atoms with E-state index < -0.39 is 47.9 Å². The molecule has 38 heavy (non-hydrogen) atoms. The molecule has 10 nitrogen and oxygen atoms in total. The Morgan fingerprint density at radius 2 is 1.45 bits per heavy atom. The standard InChI is InChI=1S/C28H35N5O5/c1-16(2)24(29)27(36)31-17(3)25(34)32-22(13-18-9-5-4-6-10-18)26(35)33-23(28(37)38)14-19-15-30-21-12-8-7-11-20(19)21/h4-12,15-17,22-24,30H,13-14,29H2,1-3H3,(H,31,36)(H,32,34)(H,33,35)(H,37,38). The third-order valence-electron chi connectivity index (χ3n) is 6.40. The predicted molar refractivity (Wildman–Crippen MR) is 144 cm³/mol. The van der Waals surface area contributed by atoms with Crippen LogP contribution < -0.4 is 21.7 Å². The zero-order valence-corrected chi connectivity index (χ0v) is 21.7. The number of carbonyl (C=O) groups is 4. The minimum atomic E-state index is -1.22. The second kappa shape index (κ2) is 12.9. The van der Waals surface area contributed by atoms with Crippen LogP contribution in [0.5, 0.6) is 0 Å². The van der Waals surface area contributed by atoms with Crippen LogP contribution in [-0.2, 0) is 32.0 Å². The number of aliphatic carboxylic acids is 1. The molecule has 1 aromatic heterocycles. The Bertz CT molecular complexity index is 1270. The number of carboxylic acid groups (broad SMARTS) is 1. The molecule has 0 fully saturated rings. The topological polar surface area (TPSA) is 166 Å². The van der Waals surface area contributed by atoms with Gasteiger partial charge in [0.15, 0.2) is 0 Å². The molecule has 0 saturated heterocycles. The molecule has 10 heteroatoms. The van der Waals surface area contributed by atoms with Gasteiger partial charge in [0.25, 0.3) is 0 Å². The van der Waals surface area contributed by atoms with Crippen molar-refractivity contribution >= 4 is 34.6 Å². The minimum absolute atomic E-state index is 0.0522. The van der Waals surface area contributed by atoms with Gasteiger partial charge in [-0.25, -0.2) is 4.79 Å². The first-order valence-electron chi connectivity index (χ1n) is 12.5. The number of fused-ring (bicyclic) bond motifs is 1. The fourth-order valence-electron chi connectivity index (χ4n) is 4.03. The summed E-state index contributed by atoms with van der Waals surface area (Å²) < 4.78 is 0. The summed E-state index contributed by atoms with van der Waals surface area (Å²) in [6.07, 6.45) is 1.91. The number of H-pyrrole nitrogens is 1. The Morgan fingerprint density at radius 3 is 2.11 bits per heavy atom. The van der Waals surface area contributed by atoms with Gasteiger partial charge in [0.2, 0.25) is 17.7 Å². The van der Waals surface area contributed by atoms with Crippen LogP contribution in [0.2, 0.25) is 0 Å². The van der Waals surface area contributed by atoms with E-state index in [1.807, 2.05) is 30.3 Å². The van der Waals surface area contributed by atoms with Crippen LogP contribution >= 0.6 is 0 Å². The highest BCUT2D eigenvalue weighted by Crippen LogP contribution is 2.19. The van der Waals surface area contributed by atoms with Crippen molar-refractivity contribution in [2.75, 3.05) is 0 Å². The molecule has 0 aliphatic heterocycles. The molecule has 202 valence electrons. The Balaban J connectivity index is 1.75. The molecule has 3 rings (SSSR count). The fourth-order valence-corrected chi connectivity index (χ4v) is 4.03. The summed E-state index contributed by atoms with van der Waals surface area (Å²) >= 11 is 0. The molecular formula is C28H35N5O5. The summed E-state index contributed by atoms with van der Waals surface area (Å²) in [5, 5.41) is 18.5. The lowest BCUT2D eigenvalue weighted by atomic mass is 10.0. The maximum Gasteiger partial charge on any atom is 0.326 e. The first-order valence-corrected chi connectivity index (χ1v) is 12.5. The average molecular weight is 522 g/mol. The zero-order chi connectivity index (χ0) is 27.8. The molecule has 0 bridgehead atoms. The lowest BCUT2D eigenvalue weighted by Crippen LogP contribution is -2.57. The molecule has 2 aromatic carbocycles. The van der Waals surface area contributed by atoms with E-state index in [1.165, 1.54) is 6.92 Å². The Kier molecular flexibility index (Phi) is 9.61. The van der Waals surface area contributed by atoms with Gasteiger partial charge < -0.3 is 31.8 Å². The van der Waals surface area contributed by atoms with Crippen molar-refractivity contribution in [1.82, 2.24) is 20.9 Å². The van der Waals surface area contributed by atoms with Crippen LogP contribution in [-0.4, -0.2) is 57.9 Å². The predicted octanol–water partition coefficient (Wildman–Crippen LogP) is 1.50. The molecular weight excluding hydrogens is 486 g/mol. The van der Waals surface area contributed by atoms with Crippen molar-refractivity contribution in [3.05, 3.63) is 71.9 Å². The summed E-state index contributed by atoms with van der Waals surface area (Å²) in [6, 6.07) is 12.5. The number of para-hydroxylation sites is 1. The van der Waals surface area contributed by atoms with E-state index in [0.29, 0.717) is 0 Å². The smallest absolute Gasteiger partial charge is 0.326 e. The lowest BCUT2D eigenvalue weighted by molar-refractivity contribution is -0.142. The van der Waals surface area contributed by atoms with Crippen molar-refractivity contribution < 1.29 is 24.3 Å². The number of amides is 3. The zero-order valence-electron chi connectivity index (χ0n) is 21.7. The van der Waals surface area contributed by atoms with E-state index in [2.05, 4.69) is 20.9 Å². The van der Waals surface area contributed by atoms with Crippen LogP contribution in [0.3, 0.4) is 0 Å². The molecule has 0 aliphatic carbocycles. The van der Waals surface area contributed by atoms with Crippen LogP contribution in [0.25, 0.3) is 10.9 Å². The number of benzene rings is 2. The molecule has 3 aromatic rings. The molecule has 4 unspecified atom stereocenters. The van der Waals surface area contributed by atoms with Gasteiger partial charge in [-0.2, -0.15) is 0 Å². The average Bonchev–Trinajstić information content (AvgIpc) is 3.30. The summed E-state index contributed by atoms with van der Waals surface area (Å²) in [5.41, 5.74) is 8.25. The maximum absolute atomic E-state index is 13.3. The van der Waals surface area contributed by atoms with Gasteiger partial charge in [-0.15, -0.1) is 0 Å². The molecule has 4 atom stereocenters. The quantitative estimate of drug-likeness (QED) is 0.211. The third kappa shape index (κ3) is 7.42. The van der Waals surface area contributed by atoms with E-state index >= 15 is 0 Å². The summed E-state index contributed by atoms with van der Waals surface area (Å²) in [5.74, 6) is -3.03. The van der Waals surface area contributed by atoms with Crippen molar-refractivity contribution in [2.24, 2.45) is 11.7 Å². The monoisotopic (exact) mass is 521 g/mol. The van der Waals surface area contributed by atoms with Gasteiger partial charge in [0.05, 0.1) is 6.04 Å². The number of carboxylic acids is 1. The summed E-state index contributed by atoms with van der Waals surface area (Å²) in [6.45, 7) is 5.09. The third-order valence-corrected chi connectivity index (χ3v) is 6.40. The largest absolute Gasteiger partial charge is 0.480 e. The highest BCUT2D eigenvalue weighted by molar-refractivity contribution is 5.94. The van der Waals surface area contributed by atoms with E-state index in [-0.39, 0.29) is 18.8 Å². The summed E-state index contributed by atoms with van der Waals surface area (Å²) in [4.78, 5) is 53.8. The number of nitrogens with one attached hydrogen (secondary N) is 4. The van der Waals surface area contributed by atoms with Gasteiger partial charge in [-0.3, -0.25) is 14.4 Å². The number of nitrogens with two attached hydrogens (primary N) is 1. The van der Waals surface area contributed by atoms with Crippen molar-refractivity contribution in [3.8, 4) is 0 Å². The molecule has 0 radical (unpaired) electrons. The van der Waals surface area contributed by atoms with Crippen LogP contribution in [0.4, 0.5) is 0 Å². The SMILES string of the molecule is CC(NC(=O)C(N)C(C)C)C(=O)NC(Cc1ccccc1)C(=O)NC(Cc1c[nH]c2ccccc12)C(=O)O. The fraction of sp³-hybridized carbons (Fsp3) is 0.357. The number of hydrogen-bond donors (Lipinski definition) is 6. The van der Waals surface area contributed by atoms with Gasteiger partial charge in [0, 0.05) is 29.9 Å². The number of carbonyl (C=O) groups excluding carboxylic acids is 3. The van der Waals surface area contributed by atoms with Gasteiger partial charge in [0.1, 0.15) is 18.1 Å². The highest BCUT2D eigenvalue weighted by Gasteiger charge is 2.30. The van der Waals surface area contributed by atoms with Gasteiger partial charge in [-0.05, 0) is 30.0 Å². The second-order valence-corrected chi connectivity index (χ2v) is 9.71. The van der Waals surface area contributed by atoms with Crippen LogP contribution in [0, 0.1) is 5.92 Å². The first-order chi connectivity index (χ1) is 18.1. The molecule has 3 amide bonds. The van der Waals surface area contributed by atoms with E-state index in [4.69, 9.17) is 5.73 Å². The molecule has 0 aliphatic rings. The van der Waals surface area contributed by atoms with E-state index in [9.17, 15) is 24.3 Å². The van der Waals surface area contributed by atoms with Crippen LogP contribution in [0.15, 0.2) is 60.8 Å². The number of aromatic amines is 1. The highest BCUT2D eigenvalue weighted by atomic mass is 16.4. The molecule has 1 heterocycles. The van der Waals surface area contributed by atoms with Gasteiger partial charge in [-0.1, -0.05) is 62.4 Å². The Hall–Kier alpha value is -4.18. The van der Waals surface area contributed by atoms with Crippen molar-refractivity contribution in [2.45, 2.75) is 57.8 Å². The lowest BCUT2D eigenvalue weighted by Gasteiger charge is -2.24. The van der Waals surface area contributed by atoms with Crippen molar-refractivity contribution in [3.63, 3.8) is 0 Å². The minimum Gasteiger partial charge on any atom is -0.480 e. The van der Waals surface area contributed by atoms with Gasteiger partial charge >= 0.3 is 5.97 Å². The maximum atomic E-state index is 13.3. The Morgan fingerprint density at radius 1 is 0.816 bits per heavy atom. The molecule has 7 N–H and O–H groups in total. The van der Waals surface area contributed by atoms with Crippen LogP contribution in [0.1, 0.15) is 31.9 Å². The Labute approximate surface area is 221 Å². The first kappa shape index (κ1) is 28.4. The summed E-state index contributed by atoms with van der Waals surface area (Å²) in [7, 11) is 0.